The van der Waals surface area contributed by atoms with Gasteiger partial charge in [0.15, 0.2) is 0 Å². The molecular weight excluding hydrogens is 875 g/mol. The van der Waals surface area contributed by atoms with Crippen molar-refractivity contribution in [3.05, 3.63) is 12.2 Å². The maximum atomic E-state index is 12.5. The summed E-state index contributed by atoms with van der Waals surface area (Å²) in [5, 5.41) is 23.2. The maximum absolute atomic E-state index is 12.5. The van der Waals surface area contributed by atoms with Crippen LogP contribution in [-0.2, 0) is 14.3 Å². The first-order valence-corrected chi connectivity index (χ1v) is 32.5. The van der Waals surface area contributed by atoms with E-state index >= 15 is 0 Å². The van der Waals surface area contributed by atoms with Crippen molar-refractivity contribution in [3.63, 3.8) is 0 Å². The average molecular weight is 1000 g/mol. The first-order chi connectivity index (χ1) is 35.0. The number of aliphatic hydroxyl groups excluding tert-OH is 2. The second-order valence-electron chi connectivity index (χ2n) is 22.5. The molecule has 6 heteroatoms. The van der Waals surface area contributed by atoms with Gasteiger partial charge < -0.3 is 20.3 Å². The van der Waals surface area contributed by atoms with Crippen LogP contribution in [0, 0.1) is 0 Å². The molecule has 0 aromatic carbocycles. The van der Waals surface area contributed by atoms with Crippen molar-refractivity contribution in [2.24, 2.45) is 0 Å². The smallest absolute Gasteiger partial charge is 0.305 e. The molecule has 1 amide bonds. The summed E-state index contributed by atoms with van der Waals surface area (Å²) in [6, 6.07) is -0.627. The van der Waals surface area contributed by atoms with Crippen LogP contribution < -0.4 is 5.32 Å². The number of hydrogen-bond donors (Lipinski definition) is 3. The molecule has 71 heavy (non-hydrogen) atoms. The largest absolute Gasteiger partial charge is 0.466 e. The average Bonchev–Trinajstić information content (AvgIpc) is 3.37. The Labute approximate surface area is 444 Å². The highest BCUT2D eigenvalue weighted by Crippen LogP contribution is 2.18. The third-order valence-electron chi connectivity index (χ3n) is 15.3. The van der Waals surface area contributed by atoms with E-state index in [4.69, 9.17) is 4.74 Å². The van der Waals surface area contributed by atoms with Gasteiger partial charge in [0.2, 0.25) is 5.91 Å². The highest BCUT2D eigenvalue weighted by molar-refractivity contribution is 5.76. The highest BCUT2D eigenvalue weighted by atomic mass is 16.5. The first kappa shape index (κ1) is 69.6. The van der Waals surface area contributed by atoms with E-state index in [9.17, 15) is 19.8 Å². The third-order valence-corrected chi connectivity index (χ3v) is 15.3. The van der Waals surface area contributed by atoms with E-state index in [1.807, 2.05) is 6.08 Å². The van der Waals surface area contributed by atoms with E-state index < -0.39 is 12.1 Å². The van der Waals surface area contributed by atoms with Gasteiger partial charge in [-0.2, -0.15) is 0 Å². The molecule has 0 bridgehead atoms. The summed E-state index contributed by atoms with van der Waals surface area (Å²) in [6.45, 7) is 4.94. The first-order valence-electron chi connectivity index (χ1n) is 32.5. The van der Waals surface area contributed by atoms with E-state index in [2.05, 4.69) is 19.2 Å². The number of unbranched alkanes of at least 4 members (excludes halogenated alkanes) is 50. The van der Waals surface area contributed by atoms with Crippen LogP contribution in [0.3, 0.4) is 0 Å². The van der Waals surface area contributed by atoms with Crippen LogP contribution in [0.2, 0.25) is 0 Å². The molecular formula is C65H127NO5. The Morgan fingerprint density at radius 3 is 0.958 bits per heavy atom. The zero-order chi connectivity index (χ0) is 51.4. The normalized spacial score (nSPS) is 12.6. The number of esters is 1. The molecule has 0 aliphatic carbocycles. The Bertz CT molecular complexity index is 1060. The number of hydrogen-bond acceptors (Lipinski definition) is 5. The number of carbonyl (C=O) groups is 2. The van der Waals surface area contributed by atoms with Crippen molar-refractivity contribution in [2.45, 2.75) is 379 Å². The predicted octanol–water partition coefficient (Wildman–Crippen LogP) is 20.4. The standard InChI is InChI=1S/C65H127NO5/c1-3-5-7-9-11-13-15-17-18-19-25-28-31-34-37-41-45-49-53-57-63(68)62(61-67)66-64(69)58-54-50-46-42-38-35-32-29-26-23-21-20-22-24-27-30-33-36-40-44-48-52-56-60-71-65(70)59-55-51-47-43-39-16-14-12-10-8-6-4-2/h53,57,62-63,67-68H,3-52,54-56,58-61H2,1-2H3,(H,66,69)/b57-53+. The number of carbonyl (C=O) groups excluding carboxylic acids is 2. The summed E-state index contributed by atoms with van der Waals surface area (Å²) in [6.07, 6.45) is 74.0. The topological polar surface area (TPSA) is 95.9 Å². The zero-order valence-electron chi connectivity index (χ0n) is 48.2. The Morgan fingerprint density at radius 2 is 0.648 bits per heavy atom. The second kappa shape index (κ2) is 61.1. The highest BCUT2D eigenvalue weighted by Gasteiger charge is 2.18. The van der Waals surface area contributed by atoms with Crippen LogP contribution in [0.25, 0.3) is 0 Å². The Morgan fingerprint density at radius 1 is 0.380 bits per heavy atom. The fourth-order valence-electron chi connectivity index (χ4n) is 10.3. The molecule has 0 aliphatic heterocycles. The van der Waals surface area contributed by atoms with E-state index in [0.29, 0.717) is 19.4 Å². The Hall–Kier alpha value is -1.40. The molecule has 0 rings (SSSR count). The van der Waals surface area contributed by atoms with Gasteiger partial charge in [0, 0.05) is 12.8 Å². The van der Waals surface area contributed by atoms with Gasteiger partial charge in [0.25, 0.3) is 0 Å². The summed E-state index contributed by atoms with van der Waals surface area (Å²) in [5.74, 6) is -0.0484. The summed E-state index contributed by atoms with van der Waals surface area (Å²) in [7, 11) is 0. The van der Waals surface area contributed by atoms with Gasteiger partial charge in [0.05, 0.1) is 25.4 Å². The molecule has 2 unspecified atom stereocenters. The summed E-state index contributed by atoms with van der Waals surface area (Å²) in [5.41, 5.74) is 0. The van der Waals surface area contributed by atoms with Gasteiger partial charge in [-0.3, -0.25) is 9.59 Å². The van der Waals surface area contributed by atoms with E-state index in [-0.39, 0.29) is 18.5 Å². The lowest BCUT2D eigenvalue weighted by molar-refractivity contribution is -0.143. The van der Waals surface area contributed by atoms with Crippen molar-refractivity contribution >= 4 is 11.9 Å². The van der Waals surface area contributed by atoms with E-state index in [1.165, 1.54) is 302 Å². The molecule has 0 saturated heterocycles. The van der Waals surface area contributed by atoms with Crippen LogP contribution in [0.1, 0.15) is 367 Å². The number of allylic oxidation sites excluding steroid dienone is 1. The van der Waals surface area contributed by atoms with Crippen molar-refractivity contribution in [1.82, 2.24) is 5.32 Å². The minimum absolute atomic E-state index is 0.0154. The van der Waals surface area contributed by atoms with E-state index in [1.54, 1.807) is 6.08 Å². The molecule has 0 spiro atoms. The maximum Gasteiger partial charge on any atom is 0.305 e. The molecule has 0 aromatic heterocycles. The van der Waals surface area contributed by atoms with Crippen molar-refractivity contribution in [2.75, 3.05) is 13.2 Å². The van der Waals surface area contributed by atoms with Gasteiger partial charge in [-0.25, -0.2) is 0 Å². The lowest BCUT2D eigenvalue weighted by atomic mass is 10.0. The molecule has 2 atom stereocenters. The fraction of sp³-hybridized carbons (Fsp3) is 0.938. The van der Waals surface area contributed by atoms with Gasteiger partial charge in [-0.05, 0) is 32.1 Å². The molecule has 0 heterocycles. The molecule has 0 saturated carbocycles. The monoisotopic (exact) mass is 1000 g/mol. The van der Waals surface area contributed by atoms with Crippen LogP contribution in [-0.4, -0.2) is 47.4 Å². The van der Waals surface area contributed by atoms with Gasteiger partial charge in [-0.15, -0.1) is 0 Å². The third kappa shape index (κ3) is 57.7. The lowest BCUT2D eigenvalue weighted by Crippen LogP contribution is -2.45. The Balaban J connectivity index is 3.40. The molecule has 0 aromatic rings. The molecule has 0 radical (unpaired) electrons. The number of amides is 1. The van der Waals surface area contributed by atoms with Crippen molar-refractivity contribution in [1.29, 1.82) is 0 Å². The zero-order valence-corrected chi connectivity index (χ0v) is 48.2. The summed E-state index contributed by atoms with van der Waals surface area (Å²) >= 11 is 0. The van der Waals surface area contributed by atoms with Gasteiger partial charge >= 0.3 is 5.97 Å². The summed E-state index contributed by atoms with van der Waals surface area (Å²) < 4.78 is 5.48. The van der Waals surface area contributed by atoms with Crippen LogP contribution >= 0.6 is 0 Å². The van der Waals surface area contributed by atoms with Crippen LogP contribution in [0.4, 0.5) is 0 Å². The quantitative estimate of drug-likeness (QED) is 0.0320. The fourth-order valence-corrected chi connectivity index (χ4v) is 10.3. The number of rotatable bonds is 61. The molecule has 0 aliphatic rings. The van der Waals surface area contributed by atoms with Gasteiger partial charge in [-0.1, -0.05) is 334 Å². The Kier molecular flexibility index (Phi) is 59.9. The second-order valence-corrected chi connectivity index (χ2v) is 22.5. The SMILES string of the molecule is CCCCCCCCCCCCCCCCCCC/C=C/C(O)C(CO)NC(=O)CCCCCCCCCCCCCCCCCCCCCCCCCOC(=O)CCCCCCCCCCCCCC. The predicted molar refractivity (Wildman–Crippen MR) is 310 cm³/mol. The molecule has 422 valence electrons. The number of nitrogens with one attached hydrogen (secondary N) is 1. The molecule has 3 N–H and O–H groups in total. The van der Waals surface area contributed by atoms with Crippen molar-refractivity contribution < 1.29 is 24.5 Å². The lowest BCUT2D eigenvalue weighted by Gasteiger charge is -2.20. The van der Waals surface area contributed by atoms with E-state index in [0.717, 1.165) is 38.5 Å². The van der Waals surface area contributed by atoms with Gasteiger partial charge in [0.1, 0.15) is 0 Å². The minimum Gasteiger partial charge on any atom is -0.466 e. The van der Waals surface area contributed by atoms with Crippen LogP contribution in [0.5, 0.6) is 0 Å². The number of ether oxygens (including phenoxy) is 1. The number of aliphatic hydroxyl groups is 2. The van der Waals surface area contributed by atoms with Crippen molar-refractivity contribution in [3.8, 4) is 0 Å². The molecule has 6 nitrogen and oxygen atoms in total. The molecule has 0 fully saturated rings. The van der Waals surface area contributed by atoms with Crippen LogP contribution in [0.15, 0.2) is 12.2 Å². The minimum atomic E-state index is -0.844. The summed E-state index contributed by atoms with van der Waals surface area (Å²) in [4.78, 5) is 24.5.